The lowest BCUT2D eigenvalue weighted by Gasteiger charge is -2.15. The summed E-state index contributed by atoms with van der Waals surface area (Å²) in [7, 11) is 6.68. The molecular weight excluding hydrogens is 282 g/mol. The minimum Gasteiger partial charge on any atom is -0.493 e. The number of carbonyl (C=O) groups excluding carboxylic acids is 1. The van der Waals surface area contributed by atoms with Gasteiger partial charge >= 0.3 is 0 Å². The fourth-order valence-electron chi connectivity index (χ4n) is 2.80. The molecule has 2 aromatic rings. The van der Waals surface area contributed by atoms with Gasteiger partial charge in [-0.1, -0.05) is 0 Å². The number of aldehydes is 1. The molecule has 2 rings (SSSR count). The van der Waals surface area contributed by atoms with Gasteiger partial charge in [0.2, 0.25) is 5.75 Å². The molecule has 0 aliphatic carbocycles. The number of nitrogens with zero attached hydrogens (tertiary/aromatic N) is 1. The maximum atomic E-state index is 11.3. The van der Waals surface area contributed by atoms with Crippen LogP contribution in [0.15, 0.2) is 12.1 Å². The van der Waals surface area contributed by atoms with Gasteiger partial charge in [-0.15, -0.1) is 0 Å². The summed E-state index contributed by atoms with van der Waals surface area (Å²) in [6.07, 6.45) is 0.895. The van der Waals surface area contributed by atoms with Gasteiger partial charge in [0.25, 0.3) is 0 Å². The standard InChI is InChI=1S/C17H21NO4/c1-10-13(9-19)11(2)18(3)16(10)12-7-14(20-4)17(22-6)15(8-12)21-5/h7-9H,1-6H3. The van der Waals surface area contributed by atoms with Gasteiger partial charge < -0.3 is 18.8 Å². The Hall–Kier alpha value is -2.43. The molecule has 0 fully saturated rings. The van der Waals surface area contributed by atoms with Crippen molar-refractivity contribution in [3.63, 3.8) is 0 Å². The van der Waals surface area contributed by atoms with E-state index in [1.54, 1.807) is 21.3 Å². The molecular formula is C17H21NO4. The SMILES string of the molecule is COc1cc(-c2c(C)c(C=O)c(C)n2C)cc(OC)c1OC. The first-order valence-corrected chi connectivity index (χ1v) is 6.91. The van der Waals surface area contributed by atoms with E-state index in [4.69, 9.17) is 14.2 Å². The number of aromatic nitrogens is 1. The van der Waals surface area contributed by atoms with Crippen LogP contribution >= 0.6 is 0 Å². The zero-order valence-electron chi connectivity index (χ0n) is 13.8. The molecule has 1 aromatic heterocycles. The summed E-state index contributed by atoms with van der Waals surface area (Å²) >= 11 is 0. The molecule has 1 heterocycles. The van der Waals surface area contributed by atoms with Gasteiger partial charge in [-0.25, -0.2) is 0 Å². The lowest BCUT2D eigenvalue weighted by Crippen LogP contribution is -1.99. The molecule has 0 radical (unpaired) electrons. The Balaban J connectivity index is 2.76. The Morgan fingerprint density at radius 1 is 1.00 bits per heavy atom. The molecule has 22 heavy (non-hydrogen) atoms. The Bertz CT molecular complexity index is 691. The van der Waals surface area contributed by atoms with E-state index in [0.29, 0.717) is 22.8 Å². The van der Waals surface area contributed by atoms with Gasteiger partial charge in [-0.05, 0) is 31.5 Å². The van der Waals surface area contributed by atoms with Gasteiger partial charge in [-0.3, -0.25) is 4.79 Å². The summed E-state index contributed by atoms with van der Waals surface area (Å²) in [6, 6.07) is 3.77. The van der Waals surface area contributed by atoms with Crippen molar-refractivity contribution < 1.29 is 19.0 Å². The molecule has 0 N–H and O–H groups in total. The molecule has 0 spiro atoms. The van der Waals surface area contributed by atoms with Gasteiger partial charge in [0.05, 0.1) is 27.0 Å². The molecule has 0 saturated heterocycles. The van der Waals surface area contributed by atoms with Crippen LogP contribution in [0.2, 0.25) is 0 Å². The molecule has 1 aromatic carbocycles. The molecule has 5 nitrogen and oxygen atoms in total. The maximum absolute atomic E-state index is 11.3. The van der Waals surface area contributed by atoms with E-state index in [2.05, 4.69) is 0 Å². The van der Waals surface area contributed by atoms with Crippen LogP contribution in [0.5, 0.6) is 17.2 Å². The van der Waals surface area contributed by atoms with Crippen molar-refractivity contribution in [1.29, 1.82) is 0 Å². The van der Waals surface area contributed by atoms with Crippen LogP contribution in [-0.2, 0) is 7.05 Å². The molecule has 0 aliphatic rings. The van der Waals surface area contributed by atoms with E-state index in [1.165, 1.54) is 0 Å². The van der Waals surface area contributed by atoms with Crippen molar-refractivity contribution >= 4 is 6.29 Å². The number of ether oxygens (including phenoxy) is 3. The maximum Gasteiger partial charge on any atom is 0.203 e. The summed E-state index contributed by atoms with van der Waals surface area (Å²) < 4.78 is 18.1. The highest BCUT2D eigenvalue weighted by atomic mass is 16.5. The molecule has 0 amide bonds. The Morgan fingerprint density at radius 2 is 1.55 bits per heavy atom. The van der Waals surface area contributed by atoms with Crippen molar-refractivity contribution in [2.45, 2.75) is 13.8 Å². The zero-order chi connectivity index (χ0) is 16.4. The smallest absolute Gasteiger partial charge is 0.203 e. The molecule has 0 atom stereocenters. The van der Waals surface area contributed by atoms with Crippen LogP contribution in [0.4, 0.5) is 0 Å². The first-order chi connectivity index (χ1) is 10.5. The summed E-state index contributed by atoms with van der Waals surface area (Å²) in [5.74, 6) is 1.72. The van der Waals surface area contributed by atoms with Gasteiger partial charge in [0, 0.05) is 23.9 Å². The lowest BCUT2D eigenvalue weighted by molar-refractivity contribution is 0.112. The summed E-state index contributed by atoms with van der Waals surface area (Å²) in [5.41, 5.74) is 4.44. The van der Waals surface area contributed by atoms with E-state index < -0.39 is 0 Å². The lowest BCUT2D eigenvalue weighted by atomic mass is 10.0. The third-order valence-electron chi connectivity index (χ3n) is 4.04. The van der Waals surface area contributed by atoms with Crippen molar-refractivity contribution in [1.82, 2.24) is 4.57 Å². The van der Waals surface area contributed by atoms with Crippen LogP contribution in [0.3, 0.4) is 0 Å². The molecule has 0 unspecified atom stereocenters. The van der Waals surface area contributed by atoms with Crippen molar-refractivity contribution in [2.24, 2.45) is 7.05 Å². The Labute approximate surface area is 130 Å². The fourth-order valence-corrected chi connectivity index (χ4v) is 2.80. The van der Waals surface area contributed by atoms with Crippen LogP contribution in [0, 0.1) is 13.8 Å². The van der Waals surface area contributed by atoms with E-state index in [1.807, 2.05) is 37.6 Å². The average Bonchev–Trinajstić information content (AvgIpc) is 2.75. The highest BCUT2D eigenvalue weighted by Gasteiger charge is 2.20. The third kappa shape index (κ3) is 2.32. The quantitative estimate of drug-likeness (QED) is 0.796. The first-order valence-electron chi connectivity index (χ1n) is 6.91. The van der Waals surface area contributed by atoms with E-state index in [9.17, 15) is 4.79 Å². The molecule has 0 aliphatic heterocycles. The number of hydrogen-bond donors (Lipinski definition) is 0. The monoisotopic (exact) mass is 303 g/mol. The summed E-state index contributed by atoms with van der Waals surface area (Å²) in [6.45, 7) is 3.87. The minimum absolute atomic E-state index is 0.549. The number of hydrogen-bond acceptors (Lipinski definition) is 4. The number of carbonyl (C=O) groups is 1. The minimum atomic E-state index is 0.549. The van der Waals surface area contributed by atoms with Crippen LogP contribution in [-0.4, -0.2) is 32.2 Å². The van der Waals surface area contributed by atoms with Crippen LogP contribution in [0.25, 0.3) is 11.3 Å². The molecule has 0 bridgehead atoms. The van der Waals surface area contributed by atoms with Crippen LogP contribution in [0.1, 0.15) is 21.6 Å². The summed E-state index contributed by atoms with van der Waals surface area (Å²) in [4.78, 5) is 11.3. The van der Waals surface area contributed by atoms with Crippen molar-refractivity contribution in [3.8, 4) is 28.5 Å². The number of benzene rings is 1. The highest BCUT2D eigenvalue weighted by Crippen LogP contribution is 2.42. The Morgan fingerprint density at radius 3 is 1.91 bits per heavy atom. The third-order valence-corrected chi connectivity index (χ3v) is 4.04. The van der Waals surface area contributed by atoms with Crippen LogP contribution < -0.4 is 14.2 Å². The number of rotatable bonds is 5. The van der Waals surface area contributed by atoms with E-state index in [-0.39, 0.29) is 0 Å². The molecule has 5 heteroatoms. The zero-order valence-corrected chi connectivity index (χ0v) is 13.8. The Kier molecular flexibility index (Phi) is 4.45. The van der Waals surface area contributed by atoms with E-state index in [0.717, 1.165) is 28.8 Å². The second-order valence-corrected chi connectivity index (χ2v) is 5.06. The molecule has 118 valence electrons. The van der Waals surface area contributed by atoms with E-state index >= 15 is 0 Å². The molecule has 0 saturated carbocycles. The normalized spacial score (nSPS) is 10.5. The average molecular weight is 303 g/mol. The first kappa shape index (κ1) is 15.9. The predicted octanol–water partition coefficient (Wildman–Crippen LogP) is 3.15. The summed E-state index contributed by atoms with van der Waals surface area (Å²) in [5, 5.41) is 0. The topological polar surface area (TPSA) is 49.7 Å². The van der Waals surface area contributed by atoms with Crippen molar-refractivity contribution in [2.75, 3.05) is 21.3 Å². The second kappa shape index (κ2) is 6.13. The largest absolute Gasteiger partial charge is 0.493 e. The fraction of sp³-hybridized carbons (Fsp3) is 0.353. The van der Waals surface area contributed by atoms with Crippen molar-refractivity contribution in [3.05, 3.63) is 29.0 Å². The second-order valence-electron chi connectivity index (χ2n) is 5.06. The number of methoxy groups -OCH3 is 3. The van der Waals surface area contributed by atoms with Gasteiger partial charge in [-0.2, -0.15) is 0 Å². The van der Waals surface area contributed by atoms with Gasteiger partial charge in [0.1, 0.15) is 0 Å². The van der Waals surface area contributed by atoms with Gasteiger partial charge in [0.15, 0.2) is 17.8 Å². The highest BCUT2D eigenvalue weighted by molar-refractivity contribution is 5.85. The predicted molar refractivity (Wildman–Crippen MR) is 85.4 cm³/mol.